The summed E-state index contributed by atoms with van der Waals surface area (Å²) in [4.78, 5) is 22.5. The van der Waals surface area contributed by atoms with Crippen molar-refractivity contribution in [3.8, 4) is 5.75 Å². The quantitative estimate of drug-likeness (QED) is 0.860. The van der Waals surface area contributed by atoms with Crippen LogP contribution in [0.25, 0.3) is 0 Å². The number of aryl methyl sites for hydroxylation is 1. The lowest BCUT2D eigenvalue weighted by molar-refractivity contribution is -0.118. The third-order valence-corrected chi connectivity index (χ3v) is 3.72. The van der Waals surface area contributed by atoms with Crippen molar-refractivity contribution in [2.24, 2.45) is 0 Å². The van der Waals surface area contributed by atoms with Gasteiger partial charge in [-0.2, -0.15) is 0 Å². The number of amides is 2. The van der Waals surface area contributed by atoms with Crippen molar-refractivity contribution in [3.63, 3.8) is 0 Å². The van der Waals surface area contributed by atoms with Crippen LogP contribution in [0.15, 0.2) is 18.2 Å². The number of phenolic OH excluding ortho intramolecular Hbond substituents is 1. The number of hydrogen-bond acceptors (Lipinski definition) is 4. The van der Waals surface area contributed by atoms with Gasteiger partial charge < -0.3 is 5.11 Å². The molecule has 4 nitrogen and oxygen atoms in total. The number of aromatic hydroxyl groups is 1. The van der Waals surface area contributed by atoms with Crippen LogP contribution in [0.4, 0.5) is 4.79 Å². The minimum atomic E-state index is -0.350. The Balaban J connectivity index is 2.18. The van der Waals surface area contributed by atoms with Crippen LogP contribution in [0.3, 0.4) is 0 Å². The zero-order valence-corrected chi connectivity index (χ0v) is 10.2. The van der Waals surface area contributed by atoms with Crippen molar-refractivity contribution >= 4 is 22.9 Å². The maximum absolute atomic E-state index is 11.5. The molecule has 1 fully saturated rings. The zero-order valence-electron chi connectivity index (χ0n) is 9.40. The van der Waals surface area contributed by atoms with E-state index >= 15 is 0 Å². The SMILES string of the molecule is CCc1cc(O)ccc1CC1SC(=O)NC1=O. The first kappa shape index (κ1) is 12.0. The number of carbonyl (C=O) groups is 2. The minimum absolute atomic E-state index is 0.227. The number of hydrogen-bond donors (Lipinski definition) is 2. The van der Waals surface area contributed by atoms with E-state index in [9.17, 15) is 14.7 Å². The molecule has 1 aromatic rings. The van der Waals surface area contributed by atoms with E-state index in [2.05, 4.69) is 5.32 Å². The van der Waals surface area contributed by atoms with Crippen LogP contribution in [0.1, 0.15) is 18.1 Å². The first-order valence-corrected chi connectivity index (χ1v) is 6.30. The standard InChI is InChI=1S/C12H13NO3S/c1-2-7-5-9(14)4-3-8(7)6-10-11(15)13-12(16)17-10/h3-5,10,14H,2,6H2,1H3,(H,13,15,16). The van der Waals surface area contributed by atoms with Gasteiger partial charge in [-0.05, 0) is 36.1 Å². The molecule has 2 rings (SSSR count). The normalized spacial score (nSPS) is 19.5. The maximum atomic E-state index is 11.5. The predicted molar refractivity (Wildman–Crippen MR) is 66.1 cm³/mol. The Bertz CT molecular complexity index is 473. The highest BCUT2D eigenvalue weighted by Crippen LogP contribution is 2.26. The van der Waals surface area contributed by atoms with Gasteiger partial charge in [0.1, 0.15) is 5.75 Å². The molecule has 2 N–H and O–H groups in total. The molecule has 1 aliphatic heterocycles. The van der Waals surface area contributed by atoms with Gasteiger partial charge in [-0.25, -0.2) is 0 Å². The van der Waals surface area contributed by atoms with Crippen molar-refractivity contribution in [3.05, 3.63) is 29.3 Å². The lowest BCUT2D eigenvalue weighted by Gasteiger charge is -2.10. The first-order chi connectivity index (χ1) is 8.10. The number of rotatable bonds is 3. The second-order valence-electron chi connectivity index (χ2n) is 3.89. The van der Waals surface area contributed by atoms with Gasteiger partial charge in [0, 0.05) is 0 Å². The Kier molecular flexibility index (Phi) is 3.38. The summed E-state index contributed by atoms with van der Waals surface area (Å²) in [6.45, 7) is 1.99. The number of nitrogens with one attached hydrogen (secondary N) is 1. The maximum Gasteiger partial charge on any atom is 0.286 e. The molecule has 1 saturated heterocycles. The fourth-order valence-electron chi connectivity index (χ4n) is 1.87. The Morgan fingerprint density at radius 1 is 1.35 bits per heavy atom. The van der Waals surface area contributed by atoms with Crippen LogP contribution in [-0.2, 0) is 17.6 Å². The van der Waals surface area contributed by atoms with Gasteiger partial charge in [0.2, 0.25) is 5.91 Å². The smallest absolute Gasteiger partial charge is 0.286 e. The van der Waals surface area contributed by atoms with E-state index in [4.69, 9.17) is 0 Å². The molecule has 0 radical (unpaired) electrons. The van der Waals surface area contributed by atoms with Crippen LogP contribution in [0.5, 0.6) is 5.75 Å². The van der Waals surface area contributed by atoms with Crippen molar-refractivity contribution in [2.45, 2.75) is 25.0 Å². The molecule has 1 heterocycles. The summed E-state index contributed by atoms with van der Waals surface area (Å²) in [7, 11) is 0. The van der Waals surface area contributed by atoms with E-state index in [1.807, 2.05) is 13.0 Å². The van der Waals surface area contributed by atoms with E-state index in [0.717, 1.165) is 29.3 Å². The Morgan fingerprint density at radius 3 is 2.71 bits per heavy atom. The molecular formula is C12H13NO3S. The van der Waals surface area contributed by atoms with Gasteiger partial charge >= 0.3 is 0 Å². The van der Waals surface area contributed by atoms with E-state index < -0.39 is 0 Å². The Hall–Kier alpha value is -1.49. The predicted octanol–water partition coefficient (Wildman–Crippen LogP) is 1.85. The molecule has 1 aromatic carbocycles. The number of benzene rings is 1. The summed E-state index contributed by atoms with van der Waals surface area (Å²) in [5.74, 6) is 0.000306. The van der Waals surface area contributed by atoms with Gasteiger partial charge in [-0.1, -0.05) is 24.8 Å². The third kappa shape index (κ3) is 2.61. The van der Waals surface area contributed by atoms with Crippen LogP contribution in [0, 0.1) is 0 Å². The second-order valence-corrected chi connectivity index (χ2v) is 5.07. The van der Waals surface area contributed by atoms with Crippen LogP contribution < -0.4 is 5.32 Å². The largest absolute Gasteiger partial charge is 0.508 e. The van der Waals surface area contributed by atoms with Crippen molar-refractivity contribution in [2.75, 3.05) is 0 Å². The first-order valence-electron chi connectivity index (χ1n) is 5.42. The summed E-state index contributed by atoms with van der Waals surface area (Å²) in [6, 6.07) is 5.12. The highest BCUT2D eigenvalue weighted by Gasteiger charge is 2.31. The summed E-state index contributed by atoms with van der Waals surface area (Å²) in [5, 5.41) is 11.0. The lowest BCUT2D eigenvalue weighted by Crippen LogP contribution is -2.25. The highest BCUT2D eigenvalue weighted by atomic mass is 32.2. The molecule has 0 aliphatic carbocycles. The van der Waals surface area contributed by atoms with E-state index in [1.165, 1.54) is 0 Å². The van der Waals surface area contributed by atoms with Gasteiger partial charge in [0.05, 0.1) is 5.25 Å². The van der Waals surface area contributed by atoms with Crippen molar-refractivity contribution < 1.29 is 14.7 Å². The summed E-state index contributed by atoms with van der Waals surface area (Å²) < 4.78 is 0. The molecule has 1 unspecified atom stereocenters. The summed E-state index contributed by atoms with van der Waals surface area (Å²) >= 11 is 1.03. The molecule has 90 valence electrons. The molecule has 1 aliphatic rings. The Morgan fingerprint density at radius 2 is 2.12 bits per heavy atom. The van der Waals surface area contributed by atoms with E-state index in [-0.39, 0.29) is 22.1 Å². The Labute approximate surface area is 103 Å². The number of phenols is 1. The zero-order chi connectivity index (χ0) is 12.4. The molecule has 0 saturated carbocycles. The second kappa shape index (κ2) is 4.79. The monoisotopic (exact) mass is 251 g/mol. The number of carbonyl (C=O) groups excluding carboxylic acids is 2. The van der Waals surface area contributed by atoms with Gasteiger partial charge in [-0.15, -0.1) is 0 Å². The molecule has 1 atom stereocenters. The fraction of sp³-hybridized carbons (Fsp3) is 0.333. The van der Waals surface area contributed by atoms with Crippen LogP contribution >= 0.6 is 11.8 Å². The van der Waals surface area contributed by atoms with Crippen LogP contribution in [0.2, 0.25) is 0 Å². The van der Waals surface area contributed by atoms with Gasteiger partial charge in [-0.3, -0.25) is 14.9 Å². The molecule has 2 amide bonds. The van der Waals surface area contributed by atoms with Crippen molar-refractivity contribution in [1.29, 1.82) is 0 Å². The summed E-state index contributed by atoms with van der Waals surface area (Å²) in [5.41, 5.74) is 2.02. The molecular weight excluding hydrogens is 238 g/mol. The molecule has 0 bridgehead atoms. The fourth-order valence-corrected chi connectivity index (χ4v) is 2.71. The average molecular weight is 251 g/mol. The average Bonchev–Trinajstić information content (AvgIpc) is 2.60. The van der Waals surface area contributed by atoms with Crippen molar-refractivity contribution in [1.82, 2.24) is 5.32 Å². The number of imide groups is 1. The molecule has 17 heavy (non-hydrogen) atoms. The highest BCUT2D eigenvalue weighted by molar-refractivity contribution is 8.15. The lowest BCUT2D eigenvalue weighted by atomic mass is 10.0. The molecule has 5 heteroatoms. The third-order valence-electron chi connectivity index (χ3n) is 2.74. The molecule has 0 spiro atoms. The van der Waals surface area contributed by atoms with E-state index in [1.54, 1.807) is 12.1 Å². The van der Waals surface area contributed by atoms with E-state index in [0.29, 0.717) is 6.42 Å². The molecule has 0 aromatic heterocycles. The van der Waals surface area contributed by atoms with Gasteiger partial charge in [0.25, 0.3) is 5.24 Å². The minimum Gasteiger partial charge on any atom is -0.508 e. The summed E-state index contributed by atoms with van der Waals surface area (Å²) in [6.07, 6.45) is 1.31. The van der Waals surface area contributed by atoms with Gasteiger partial charge in [0.15, 0.2) is 0 Å². The number of thioether (sulfide) groups is 1. The van der Waals surface area contributed by atoms with Crippen LogP contribution in [-0.4, -0.2) is 21.5 Å². The topological polar surface area (TPSA) is 66.4 Å².